The normalized spacial score (nSPS) is 11.4. The first-order chi connectivity index (χ1) is 10.3. The van der Waals surface area contributed by atoms with Gasteiger partial charge in [0.2, 0.25) is 0 Å². The number of ether oxygens (including phenoxy) is 2. The highest BCUT2D eigenvalue weighted by Crippen LogP contribution is 2.43. The van der Waals surface area contributed by atoms with Crippen molar-refractivity contribution in [3.63, 3.8) is 0 Å². The van der Waals surface area contributed by atoms with Gasteiger partial charge in [0.15, 0.2) is 11.5 Å². The van der Waals surface area contributed by atoms with Gasteiger partial charge in [-0.3, -0.25) is 4.79 Å². The highest BCUT2D eigenvalue weighted by atomic mass is 16.5. The summed E-state index contributed by atoms with van der Waals surface area (Å²) in [5.74, 6) is 0.341. The highest BCUT2D eigenvalue weighted by molar-refractivity contribution is 5.67. The lowest BCUT2D eigenvalue weighted by Crippen LogP contribution is -2.01. The number of phenolic OH excluding ortho intramolecular Hbond substituents is 1. The smallest absolute Gasteiger partial charge is 0.303 e. The van der Waals surface area contributed by atoms with E-state index in [1.54, 1.807) is 7.11 Å². The molecule has 5 nitrogen and oxygen atoms in total. The van der Waals surface area contributed by atoms with E-state index in [2.05, 4.69) is 0 Å². The van der Waals surface area contributed by atoms with Crippen molar-refractivity contribution in [2.24, 2.45) is 0 Å². The second-order valence-corrected chi connectivity index (χ2v) is 5.29. The molecule has 0 aliphatic carbocycles. The molecular formula is C17H24O5. The van der Waals surface area contributed by atoms with Crippen LogP contribution in [-0.4, -0.2) is 30.4 Å². The number of benzene rings is 1. The van der Waals surface area contributed by atoms with Crippen LogP contribution in [0, 0.1) is 13.8 Å². The van der Waals surface area contributed by atoms with Crippen molar-refractivity contribution >= 4 is 5.97 Å². The van der Waals surface area contributed by atoms with Crippen molar-refractivity contribution in [1.82, 2.24) is 0 Å². The van der Waals surface area contributed by atoms with Gasteiger partial charge in [-0.05, 0) is 39.2 Å². The SMILES string of the molecule is COc1c(C)c(C)c(OC)c(C/C=C(\C)CCC(=O)O)c1O. The van der Waals surface area contributed by atoms with Gasteiger partial charge in [-0.2, -0.15) is 0 Å². The van der Waals surface area contributed by atoms with Crippen LogP contribution in [-0.2, 0) is 11.2 Å². The molecule has 0 atom stereocenters. The van der Waals surface area contributed by atoms with Crippen molar-refractivity contribution < 1.29 is 24.5 Å². The van der Waals surface area contributed by atoms with E-state index in [0.29, 0.717) is 29.9 Å². The molecule has 1 aromatic rings. The Hall–Kier alpha value is -2.17. The van der Waals surface area contributed by atoms with E-state index in [9.17, 15) is 9.90 Å². The number of allylic oxidation sites excluding steroid dienone is 2. The monoisotopic (exact) mass is 308 g/mol. The van der Waals surface area contributed by atoms with E-state index in [4.69, 9.17) is 14.6 Å². The predicted octanol–water partition coefficient (Wildman–Crippen LogP) is 3.38. The van der Waals surface area contributed by atoms with Crippen LogP contribution in [0.4, 0.5) is 0 Å². The molecule has 0 amide bonds. The Bertz CT molecular complexity index is 587. The van der Waals surface area contributed by atoms with Crippen LogP contribution in [0.2, 0.25) is 0 Å². The number of aromatic hydroxyl groups is 1. The maximum absolute atomic E-state index is 10.6. The summed E-state index contributed by atoms with van der Waals surface area (Å²) in [5.41, 5.74) is 3.37. The van der Waals surface area contributed by atoms with Crippen LogP contribution >= 0.6 is 0 Å². The predicted molar refractivity (Wildman–Crippen MR) is 85.0 cm³/mol. The Morgan fingerprint density at radius 3 is 2.14 bits per heavy atom. The molecule has 0 aliphatic heterocycles. The molecule has 0 saturated carbocycles. The minimum Gasteiger partial charge on any atom is -0.504 e. The van der Waals surface area contributed by atoms with Gasteiger partial charge in [0.05, 0.1) is 14.2 Å². The number of hydrogen-bond donors (Lipinski definition) is 2. The van der Waals surface area contributed by atoms with Gasteiger partial charge in [0.1, 0.15) is 5.75 Å². The minimum absolute atomic E-state index is 0.0738. The van der Waals surface area contributed by atoms with Crippen molar-refractivity contribution in [3.05, 3.63) is 28.3 Å². The van der Waals surface area contributed by atoms with E-state index in [-0.39, 0.29) is 12.2 Å². The first kappa shape index (κ1) is 17.9. The van der Waals surface area contributed by atoms with Crippen LogP contribution in [0.5, 0.6) is 17.2 Å². The maximum Gasteiger partial charge on any atom is 0.303 e. The van der Waals surface area contributed by atoms with Gasteiger partial charge >= 0.3 is 5.97 Å². The fourth-order valence-electron chi connectivity index (χ4n) is 2.39. The third kappa shape index (κ3) is 3.93. The summed E-state index contributed by atoms with van der Waals surface area (Å²) in [6, 6.07) is 0. The largest absolute Gasteiger partial charge is 0.504 e. The summed E-state index contributed by atoms with van der Waals surface area (Å²) >= 11 is 0. The van der Waals surface area contributed by atoms with E-state index in [0.717, 1.165) is 16.7 Å². The summed E-state index contributed by atoms with van der Waals surface area (Å²) < 4.78 is 10.7. The Kier molecular flexibility index (Phi) is 6.28. The summed E-state index contributed by atoms with van der Waals surface area (Å²) in [6.07, 6.45) is 2.95. The van der Waals surface area contributed by atoms with Crippen LogP contribution in [0.15, 0.2) is 11.6 Å². The summed E-state index contributed by atoms with van der Waals surface area (Å²) in [6.45, 7) is 5.67. The zero-order valence-corrected chi connectivity index (χ0v) is 13.8. The number of phenols is 1. The fraction of sp³-hybridized carbons (Fsp3) is 0.471. The third-order valence-electron chi connectivity index (χ3n) is 3.81. The molecule has 0 aliphatic rings. The average Bonchev–Trinajstić information content (AvgIpc) is 2.47. The zero-order valence-electron chi connectivity index (χ0n) is 13.8. The average molecular weight is 308 g/mol. The lowest BCUT2D eigenvalue weighted by atomic mass is 9.98. The zero-order chi connectivity index (χ0) is 16.9. The number of hydrogen-bond acceptors (Lipinski definition) is 4. The van der Waals surface area contributed by atoms with E-state index < -0.39 is 5.97 Å². The fourth-order valence-corrected chi connectivity index (χ4v) is 2.39. The second kappa shape index (κ2) is 7.73. The quantitative estimate of drug-likeness (QED) is 0.755. The van der Waals surface area contributed by atoms with Crippen molar-refractivity contribution in [3.8, 4) is 17.2 Å². The Morgan fingerprint density at radius 1 is 1.09 bits per heavy atom. The number of carboxylic acids is 1. The van der Waals surface area contributed by atoms with Crippen LogP contribution in [0.3, 0.4) is 0 Å². The highest BCUT2D eigenvalue weighted by Gasteiger charge is 2.20. The van der Waals surface area contributed by atoms with Gasteiger partial charge in [-0.25, -0.2) is 0 Å². The molecule has 0 heterocycles. The van der Waals surface area contributed by atoms with Gasteiger partial charge in [-0.15, -0.1) is 0 Å². The van der Waals surface area contributed by atoms with Gasteiger partial charge in [0, 0.05) is 17.5 Å². The number of carbonyl (C=O) groups is 1. The van der Waals surface area contributed by atoms with E-state index >= 15 is 0 Å². The molecule has 0 unspecified atom stereocenters. The Morgan fingerprint density at radius 2 is 1.64 bits per heavy atom. The number of methoxy groups -OCH3 is 2. The molecule has 22 heavy (non-hydrogen) atoms. The summed E-state index contributed by atoms with van der Waals surface area (Å²) in [4.78, 5) is 10.6. The van der Waals surface area contributed by atoms with Gasteiger partial charge < -0.3 is 19.7 Å². The number of rotatable bonds is 7. The standard InChI is InChI=1S/C17H24O5/c1-10(7-9-14(18)19)6-8-13-15(20)17(22-5)12(3)11(2)16(13)21-4/h6,20H,7-9H2,1-5H3,(H,18,19)/b10-6+. The van der Waals surface area contributed by atoms with Crippen LogP contribution in [0.1, 0.15) is 36.5 Å². The maximum atomic E-state index is 10.6. The molecule has 122 valence electrons. The van der Waals surface area contributed by atoms with Crippen molar-refractivity contribution in [2.75, 3.05) is 14.2 Å². The van der Waals surface area contributed by atoms with Crippen molar-refractivity contribution in [2.45, 2.75) is 40.0 Å². The Labute approximate surface area is 131 Å². The molecule has 0 saturated heterocycles. The lowest BCUT2D eigenvalue weighted by molar-refractivity contribution is -0.136. The topological polar surface area (TPSA) is 76.0 Å². The van der Waals surface area contributed by atoms with E-state index in [1.807, 2.05) is 26.8 Å². The molecular weight excluding hydrogens is 284 g/mol. The molecule has 0 radical (unpaired) electrons. The van der Waals surface area contributed by atoms with Gasteiger partial charge in [-0.1, -0.05) is 11.6 Å². The molecule has 5 heteroatoms. The molecule has 0 fully saturated rings. The van der Waals surface area contributed by atoms with Crippen molar-refractivity contribution in [1.29, 1.82) is 0 Å². The first-order valence-corrected chi connectivity index (χ1v) is 7.13. The molecule has 1 rings (SSSR count). The molecule has 2 N–H and O–H groups in total. The first-order valence-electron chi connectivity index (χ1n) is 7.13. The Balaban J connectivity index is 3.15. The minimum atomic E-state index is -0.818. The van der Waals surface area contributed by atoms with Gasteiger partial charge in [0.25, 0.3) is 0 Å². The number of aliphatic carboxylic acids is 1. The van der Waals surface area contributed by atoms with E-state index in [1.165, 1.54) is 7.11 Å². The molecule has 0 bridgehead atoms. The van der Waals surface area contributed by atoms with Crippen LogP contribution < -0.4 is 9.47 Å². The molecule has 0 spiro atoms. The van der Waals surface area contributed by atoms with Crippen LogP contribution in [0.25, 0.3) is 0 Å². The molecule has 1 aromatic carbocycles. The summed E-state index contributed by atoms with van der Waals surface area (Å²) in [5, 5.41) is 19.1. The third-order valence-corrected chi connectivity index (χ3v) is 3.81. The second-order valence-electron chi connectivity index (χ2n) is 5.29. The molecule has 0 aromatic heterocycles. The lowest BCUT2D eigenvalue weighted by Gasteiger charge is -2.18. The summed E-state index contributed by atoms with van der Waals surface area (Å²) in [7, 11) is 3.09. The number of carboxylic acid groups (broad SMARTS) is 1.